The zero-order valence-corrected chi connectivity index (χ0v) is 19.4. The van der Waals surface area contributed by atoms with Crippen LogP contribution in [0.1, 0.15) is 84.0 Å². The number of ether oxygens (including phenoxy) is 2. The second kappa shape index (κ2) is 15.8. The summed E-state index contributed by atoms with van der Waals surface area (Å²) in [5.74, 6) is -1.03. The normalized spacial score (nSPS) is 10.8. The smallest absolute Gasteiger partial charge is 0.311 e. The molecule has 0 bridgehead atoms. The van der Waals surface area contributed by atoms with E-state index in [-0.39, 0.29) is 33.7 Å². The molecule has 0 fully saturated rings. The lowest BCUT2D eigenvalue weighted by molar-refractivity contribution is -0.147. The van der Waals surface area contributed by atoms with Crippen LogP contribution in [0.5, 0.6) is 5.75 Å². The van der Waals surface area contributed by atoms with E-state index in [1.807, 2.05) is 0 Å². The average molecular weight is 466 g/mol. The summed E-state index contributed by atoms with van der Waals surface area (Å²) in [6.07, 6.45) is 12.0. The van der Waals surface area contributed by atoms with Gasteiger partial charge in [0.25, 0.3) is 0 Å². The molecule has 1 rings (SSSR count). The summed E-state index contributed by atoms with van der Waals surface area (Å²) in [4.78, 5) is 23.6. The maximum Gasteiger partial charge on any atom is 0.311 e. The molecule has 164 valence electrons. The molecular weight excluding hydrogens is 435 g/mol. The molecule has 0 saturated carbocycles. The molecule has 0 N–H and O–H groups in total. The van der Waals surface area contributed by atoms with Gasteiger partial charge in [-0.05, 0) is 18.6 Å². The Kier molecular flexibility index (Phi) is 14.2. The first-order valence-electron chi connectivity index (χ1n) is 10.5. The van der Waals surface area contributed by atoms with Crippen molar-refractivity contribution < 1.29 is 19.1 Å². The van der Waals surface area contributed by atoms with Crippen LogP contribution in [-0.4, -0.2) is 18.5 Å². The van der Waals surface area contributed by atoms with Gasteiger partial charge in [0.1, 0.15) is 5.02 Å². The van der Waals surface area contributed by atoms with Gasteiger partial charge in [-0.15, -0.1) is 0 Å². The van der Waals surface area contributed by atoms with Crippen molar-refractivity contribution in [2.75, 3.05) is 6.61 Å². The molecule has 0 amide bonds. The number of hydrogen-bond donors (Lipinski definition) is 0. The second-order valence-electron chi connectivity index (χ2n) is 7.05. The minimum atomic E-state index is -0.619. The van der Waals surface area contributed by atoms with Gasteiger partial charge in [-0.3, -0.25) is 9.59 Å². The van der Waals surface area contributed by atoms with Crippen molar-refractivity contribution >= 4 is 46.7 Å². The first kappa shape index (κ1) is 26.1. The Hall–Kier alpha value is -0.970. The summed E-state index contributed by atoms with van der Waals surface area (Å²) in [7, 11) is 0. The van der Waals surface area contributed by atoms with Crippen LogP contribution in [0.3, 0.4) is 0 Å². The Morgan fingerprint density at radius 1 is 0.759 bits per heavy atom. The van der Waals surface area contributed by atoms with Gasteiger partial charge >= 0.3 is 11.9 Å². The highest BCUT2D eigenvalue weighted by Crippen LogP contribution is 2.38. The van der Waals surface area contributed by atoms with Crippen LogP contribution < -0.4 is 4.74 Å². The standard InChI is InChI=1S/C22H31Cl3O4/c1-2-3-4-5-6-7-8-9-10-11-16-28-19(26)14-15-20(27)29-22-18(24)13-12-17(23)21(22)25/h12-13H,2-11,14-16H2,1H3. The fourth-order valence-electron chi connectivity index (χ4n) is 2.82. The van der Waals surface area contributed by atoms with Gasteiger partial charge in [0, 0.05) is 0 Å². The molecule has 0 spiro atoms. The summed E-state index contributed by atoms with van der Waals surface area (Å²) in [5, 5.41) is 0.474. The third-order valence-electron chi connectivity index (χ3n) is 4.51. The molecule has 0 radical (unpaired) electrons. The third-order valence-corrected chi connectivity index (χ3v) is 5.60. The molecule has 4 nitrogen and oxygen atoms in total. The maximum atomic E-state index is 11.9. The van der Waals surface area contributed by atoms with Crippen molar-refractivity contribution in [2.24, 2.45) is 0 Å². The van der Waals surface area contributed by atoms with Crippen molar-refractivity contribution in [3.05, 3.63) is 27.2 Å². The summed E-state index contributed by atoms with van der Waals surface area (Å²) in [5.41, 5.74) is 0. The summed E-state index contributed by atoms with van der Waals surface area (Å²) >= 11 is 17.8. The van der Waals surface area contributed by atoms with E-state index in [0.29, 0.717) is 6.61 Å². The molecule has 0 aliphatic rings. The highest BCUT2D eigenvalue weighted by atomic mass is 35.5. The Morgan fingerprint density at radius 3 is 1.90 bits per heavy atom. The quantitative estimate of drug-likeness (QED) is 0.115. The summed E-state index contributed by atoms with van der Waals surface area (Å²) < 4.78 is 10.3. The highest BCUT2D eigenvalue weighted by Gasteiger charge is 2.16. The number of hydrogen-bond acceptors (Lipinski definition) is 4. The minimum Gasteiger partial charge on any atom is -0.466 e. The van der Waals surface area contributed by atoms with Crippen LogP contribution in [0, 0.1) is 0 Å². The minimum absolute atomic E-state index is 0.00423. The van der Waals surface area contributed by atoms with Gasteiger partial charge < -0.3 is 9.47 Å². The molecular formula is C22H31Cl3O4. The Morgan fingerprint density at radius 2 is 1.28 bits per heavy atom. The molecule has 1 aromatic carbocycles. The van der Waals surface area contributed by atoms with Crippen LogP contribution in [0.2, 0.25) is 15.1 Å². The average Bonchev–Trinajstić information content (AvgIpc) is 2.70. The Bertz CT molecular complexity index is 635. The molecule has 0 heterocycles. The number of esters is 2. The number of carbonyl (C=O) groups is 2. The second-order valence-corrected chi connectivity index (χ2v) is 8.24. The van der Waals surface area contributed by atoms with Crippen LogP contribution in [0.25, 0.3) is 0 Å². The van der Waals surface area contributed by atoms with Crippen molar-refractivity contribution in [2.45, 2.75) is 84.0 Å². The van der Waals surface area contributed by atoms with Gasteiger partial charge in [0.15, 0.2) is 5.75 Å². The van der Waals surface area contributed by atoms with Crippen LogP contribution in [0.4, 0.5) is 0 Å². The maximum absolute atomic E-state index is 11.9. The summed E-state index contributed by atoms with van der Waals surface area (Å²) in [6, 6.07) is 2.99. The van der Waals surface area contributed by atoms with Crippen molar-refractivity contribution in [1.82, 2.24) is 0 Å². The van der Waals surface area contributed by atoms with Gasteiger partial charge in [0.05, 0.1) is 29.5 Å². The number of carbonyl (C=O) groups excluding carboxylic acids is 2. The predicted molar refractivity (Wildman–Crippen MR) is 119 cm³/mol. The van der Waals surface area contributed by atoms with E-state index in [1.165, 1.54) is 63.5 Å². The fraction of sp³-hybridized carbons (Fsp3) is 0.636. The fourth-order valence-corrected chi connectivity index (χ4v) is 3.42. The van der Waals surface area contributed by atoms with Gasteiger partial charge in [-0.2, -0.15) is 0 Å². The highest BCUT2D eigenvalue weighted by molar-refractivity contribution is 6.44. The summed E-state index contributed by atoms with van der Waals surface area (Å²) in [6.45, 7) is 2.61. The van der Waals surface area contributed by atoms with Crippen LogP contribution in [0.15, 0.2) is 12.1 Å². The first-order chi connectivity index (χ1) is 14.0. The van der Waals surface area contributed by atoms with Crippen molar-refractivity contribution in [3.8, 4) is 5.75 Å². The Balaban J connectivity index is 2.07. The molecule has 0 atom stereocenters. The molecule has 29 heavy (non-hydrogen) atoms. The van der Waals surface area contributed by atoms with Crippen LogP contribution in [-0.2, 0) is 14.3 Å². The van der Waals surface area contributed by atoms with E-state index >= 15 is 0 Å². The van der Waals surface area contributed by atoms with Crippen LogP contribution >= 0.6 is 34.8 Å². The number of unbranched alkanes of at least 4 members (excludes halogenated alkanes) is 9. The molecule has 0 aromatic heterocycles. The predicted octanol–water partition coefficient (Wildman–Crippen LogP) is 7.80. The zero-order chi connectivity index (χ0) is 21.5. The van der Waals surface area contributed by atoms with Gasteiger partial charge in [0.2, 0.25) is 0 Å². The SMILES string of the molecule is CCCCCCCCCCCCOC(=O)CCC(=O)Oc1c(Cl)ccc(Cl)c1Cl. The van der Waals surface area contributed by atoms with E-state index in [0.717, 1.165) is 12.8 Å². The topological polar surface area (TPSA) is 52.6 Å². The number of benzene rings is 1. The lowest BCUT2D eigenvalue weighted by Gasteiger charge is -2.09. The molecule has 0 unspecified atom stereocenters. The molecule has 1 aromatic rings. The van der Waals surface area contributed by atoms with E-state index in [9.17, 15) is 9.59 Å². The van der Waals surface area contributed by atoms with E-state index in [2.05, 4.69) is 6.92 Å². The molecule has 7 heteroatoms. The van der Waals surface area contributed by atoms with Crippen molar-refractivity contribution in [1.29, 1.82) is 0 Å². The largest absolute Gasteiger partial charge is 0.466 e. The van der Waals surface area contributed by atoms with Crippen molar-refractivity contribution in [3.63, 3.8) is 0 Å². The number of halogens is 3. The molecule has 0 saturated heterocycles. The molecule has 0 aliphatic heterocycles. The van der Waals surface area contributed by atoms with E-state index in [1.54, 1.807) is 0 Å². The van der Waals surface area contributed by atoms with Gasteiger partial charge in [-0.25, -0.2) is 0 Å². The van der Waals surface area contributed by atoms with Gasteiger partial charge in [-0.1, -0.05) is 99.5 Å². The monoisotopic (exact) mass is 464 g/mol. The van der Waals surface area contributed by atoms with E-state index < -0.39 is 11.9 Å². The van der Waals surface area contributed by atoms with E-state index in [4.69, 9.17) is 44.3 Å². The zero-order valence-electron chi connectivity index (χ0n) is 17.1. The number of rotatable bonds is 15. The Labute approximate surface area is 189 Å². The lowest BCUT2D eigenvalue weighted by Crippen LogP contribution is -2.13. The lowest BCUT2D eigenvalue weighted by atomic mass is 10.1. The molecule has 0 aliphatic carbocycles. The first-order valence-corrected chi connectivity index (χ1v) is 11.6. The third kappa shape index (κ3) is 11.7.